The molecule has 5 rings (SSSR count). The summed E-state index contributed by atoms with van der Waals surface area (Å²) in [6.45, 7) is 2.11. The molecule has 1 aromatic carbocycles. The number of hydrogen-bond donors (Lipinski definition) is 1. The zero-order valence-corrected chi connectivity index (χ0v) is 17.2. The first-order valence-electron chi connectivity index (χ1n) is 10.1. The molecule has 8 heteroatoms. The molecule has 1 spiro atoms. The van der Waals surface area contributed by atoms with Crippen LogP contribution in [-0.2, 0) is 17.6 Å². The number of hydrogen-bond acceptors (Lipinski definition) is 5. The number of piperazine rings is 1. The largest absolute Gasteiger partial charge is 0.352 e. The highest BCUT2D eigenvalue weighted by atomic mass is 35.5. The molecule has 1 N–H and O–H groups in total. The molecule has 1 amide bonds. The first-order chi connectivity index (χ1) is 14.6. The normalized spacial score (nSPS) is 17.3. The number of halogens is 1. The molecule has 0 atom stereocenters. The molecule has 0 radical (unpaired) electrons. The lowest BCUT2D eigenvalue weighted by Gasteiger charge is -2.43. The predicted molar refractivity (Wildman–Crippen MR) is 114 cm³/mol. The number of H-pyrrole nitrogens is 1. The fourth-order valence-electron chi connectivity index (χ4n) is 4.48. The number of nitrogens with one attached hydrogen (secondary N) is 1. The lowest BCUT2D eigenvalue weighted by Crippen LogP contribution is -2.57. The van der Waals surface area contributed by atoms with Gasteiger partial charge >= 0.3 is 0 Å². The zero-order valence-electron chi connectivity index (χ0n) is 16.4. The highest BCUT2D eigenvalue weighted by Crippen LogP contribution is 2.46. The van der Waals surface area contributed by atoms with Gasteiger partial charge in [-0.15, -0.1) is 0 Å². The third kappa shape index (κ3) is 3.27. The highest BCUT2D eigenvalue weighted by Gasteiger charge is 2.53. The van der Waals surface area contributed by atoms with Gasteiger partial charge in [-0.3, -0.25) is 4.79 Å². The molecule has 1 aliphatic carbocycles. The summed E-state index contributed by atoms with van der Waals surface area (Å²) in [7, 11) is 0. The van der Waals surface area contributed by atoms with Crippen molar-refractivity contribution in [2.75, 3.05) is 24.5 Å². The van der Waals surface area contributed by atoms with Crippen LogP contribution in [0.5, 0.6) is 0 Å². The Morgan fingerprint density at radius 3 is 2.90 bits per heavy atom. The quantitative estimate of drug-likeness (QED) is 0.700. The van der Waals surface area contributed by atoms with Crippen molar-refractivity contribution in [3.63, 3.8) is 0 Å². The SMILES string of the molecule is N#CCc1cccc(CC(=O)N2CCN(c3ncnc4[nH]cc(Cl)c34)CC23CC3)c1. The Kier molecular flexibility index (Phi) is 4.59. The molecular formula is C22H21ClN6O. The number of aromatic nitrogens is 3. The van der Waals surface area contributed by atoms with Gasteiger partial charge < -0.3 is 14.8 Å². The number of carbonyl (C=O) groups is 1. The van der Waals surface area contributed by atoms with E-state index in [1.165, 1.54) is 0 Å². The van der Waals surface area contributed by atoms with E-state index < -0.39 is 0 Å². The van der Waals surface area contributed by atoms with Crippen molar-refractivity contribution < 1.29 is 4.79 Å². The summed E-state index contributed by atoms with van der Waals surface area (Å²) in [6, 6.07) is 9.92. The summed E-state index contributed by atoms with van der Waals surface area (Å²) < 4.78 is 0. The summed E-state index contributed by atoms with van der Waals surface area (Å²) >= 11 is 6.37. The van der Waals surface area contributed by atoms with Gasteiger partial charge in [0.1, 0.15) is 17.8 Å². The minimum atomic E-state index is -0.125. The van der Waals surface area contributed by atoms with Gasteiger partial charge in [-0.25, -0.2) is 9.97 Å². The molecule has 7 nitrogen and oxygen atoms in total. The minimum Gasteiger partial charge on any atom is -0.352 e. The molecule has 2 aliphatic rings. The summed E-state index contributed by atoms with van der Waals surface area (Å²) in [4.78, 5) is 29.3. The van der Waals surface area contributed by atoms with Gasteiger partial charge in [-0.05, 0) is 24.0 Å². The number of fused-ring (bicyclic) bond motifs is 1. The first kappa shape index (κ1) is 18.9. The summed E-state index contributed by atoms with van der Waals surface area (Å²) in [6.07, 6.45) is 6.01. The van der Waals surface area contributed by atoms with Gasteiger partial charge in [-0.2, -0.15) is 5.26 Å². The predicted octanol–water partition coefficient (Wildman–Crippen LogP) is 3.10. The van der Waals surface area contributed by atoms with Crippen molar-refractivity contribution in [1.82, 2.24) is 19.9 Å². The molecule has 0 bridgehead atoms. The number of carbonyl (C=O) groups excluding carboxylic acids is 1. The average molecular weight is 421 g/mol. The number of nitrogens with zero attached hydrogens (tertiary/aromatic N) is 5. The molecule has 30 heavy (non-hydrogen) atoms. The second kappa shape index (κ2) is 7.29. The summed E-state index contributed by atoms with van der Waals surface area (Å²) in [5.41, 5.74) is 2.51. The van der Waals surface area contributed by atoms with E-state index in [-0.39, 0.29) is 11.4 Å². The van der Waals surface area contributed by atoms with Gasteiger partial charge in [0, 0.05) is 25.8 Å². The third-order valence-electron chi connectivity index (χ3n) is 6.11. The van der Waals surface area contributed by atoms with Crippen molar-refractivity contribution in [2.45, 2.75) is 31.2 Å². The van der Waals surface area contributed by atoms with Gasteiger partial charge in [0.15, 0.2) is 0 Å². The third-order valence-corrected chi connectivity index (χ3v) is 6.41. The van der Waals surface area contributed by atoms with Crippen molar-refractivity contribution in [3.8, 4) is 6.07 Å². The van der Waals surface area contributed by atoms with E-state index in [2.05, 4.69) is 30.8 Å². The Balaban J connectivity index is 1.34. The van der Waals surface area contributed by atoms with Gasteiger partial charge in [0.25, 0.3) is 0 Å². The van der Waals surface area contributed by atoms with Gasteiger partial charge in [0.05, 0.1) is 34.9 Å². The number of rotatable bonds is 4. The second-order valence-electron chi connectivity index (χ2n) is 8.08. The molecule has 1 saturated carbocycles. The highest BCUT2D eigenvalue weighted by molar-refractivity contribution is 6.36. The summed E-state index contributed by atoms with van der Waals surface area (Å²) in [5, 5.41) is 10.4. The minimum absolute atomic E-state index is 0.125. The molecule has 2 fully saturated rings. The van der Waals surface area contributed by atoms with Crippen LogP contribution in [0.25, 0.3) is 11.0 Å². The zero-order chi connectivity index (χ0) is 20.7. The van der Waals surface area contributed by atoms with Crippen LogP contribution in [0.3, 0.4) is 0 Å². The molecule has 3 heterocycles. The second-order valence-corrected chi connectivity index (χ2v) is 8.49. The standard InChI is InChI=1S/C22H21ClN6O/c23-17-12-25-20-19(17)21(27-14-26-20)28-8-9-29(22(13-28)5-6-22)18(30)11-16-3-1-2-15(10-16)4-7-24/h1-3,10,12,14H,4-6,8-9,11,13H2,(H,25,26,27). The van der Waals surface area contributed by atoms with E-state index in [9.17, 15) is 4.79 Å². The van der Waals surface area contributed by atoms with E-state index in [1.807, 2.05) is 24.3 Å². The van der Waals surface area contributed by atoms with Crippen LogP contribution in [0.2, 0.25) is 5.02 Å². The van der Waals surface area contributed by atoms with Crippen LogP contribution in [0, 0.1) is 11.3 Å². The number of benzene rings is 1. The maximum atomic E-state index is 13.2. The molecule has 152 valence electrons. The monoisotopic (exact) mass is 420 g/mol. The molecule has 3 aromatic rings. The Hall–Kier alpha value is -3.11. The summed E-state index contributed by atoms with van der Waals surface area (Å²) in [5.74, 6) is 0.975. The van der Waals surface area contributed by atoms with E-state index in [0.717, 1.165) is 47.4 Å². The fraction of sp³-hybridized carbons (Fsp3) is 0.364. The van der Waals surface area contributed by atoms with E-state index >= 15 is 0 Å². The van der Waals surface area contributed by atoms with Crippen LogP contribution < -0.4 is 4.90 Å². The first-order valence-corrected chi connectivity index (χ1v) is 10.5. The van der Waals surface area contributed by atoms with E-state index in [4.69, 9.17) is 16.9 Å². The Labute approximate surface area is 179 Å². The maximum absolute atomic E-state index is 13.2. The maximum Gasteiger partial charge on any atom is 0.227 e. The lowest BCUT2D eigenvalue weighted by atomic mass is 10.0. The number of anilines is 1. The molecule has 0 unspecified atom stereocenters. The molecular weight excluding hydrogens is 400 g/mol. The Morgan fingerprint density at radius 2 is 2.10 bits per heavy atom. The topological polar surface area (TPSA) is 88.9 Å². The van der Waals surface area contributed by atoms with Crippen molar-refractivity contribution in [1.29, 1.82) is 5.26 Å². The van der Waals surface area contributed by atoms with Gasteiger partial charge in [0.2, 0.25) is 5.91 Å². The van der Waals surface area contributed by atoms with Crippen molar-refractivity contribution >= 4 is 34.4 Å². The molecule has 1 saturated heterocycles. The molecule has 2 aromatic heterocycles. The number of amides is 1. The smallest absolute Gasteiger partial charge is 0.227 e. The van der Waals surface area contributed by atoms with Crippen molar-refractivity contribution in [2.24, 2.45) is 0 Å². The van der Waals surface area contributed by atoms with Crippen LogP contribution in [0.1, 0.15) is 24.0 Å². The van der Waals surface area contributed by atoms with Crippen LogP contribution >= 0.6 is 11.6 Å². The van der Waals surface area contributed by atoms with Crippen LogP contribution in [0.4, 0.5) is 5.82 Å². The molecule has 1 aliphatic heterocycles. The van der Waals surface area contributed by atoms with Crippen molar-refractivity contribution in [3.05, 3.63) is 52.9 Å². The van der Waals surface area contributed by atoms with E-state index in [1.54, 1.807) is 12.5 Å². The van der Waals surface area contributed by atoms with Gasteiger partial charge in [-0.1, -0.05) is 35.9 Å². The fourth-order valence-corrected chi connectivity index (χ4v) is 4.71. The Morgan fingerprint density at radius 1 is 1.27 bits per heavy atom. The van der Waals surface area contributed by atoms with Crippen LogP contribution in [-0.4, -0.2) is 50.9 Å². The average Bonchev–Trinajstić information content (AvgIpc) is 3.40. The van der Waals surface area contributed by atoms with Crippen LogP contribution in [0.15, 0.2) is 36.8 Å². The number of nitriles is 1. The lowest BCUT2D eigenvalue weighted by molar-refractivity contribution is -0.134. The Bertz CT molecular complexity index is 1160. The van der Waals surface area contributed by atoms with E-state index in [0.29, 0.717) is 31.0 Å². The number of aromatic amines is 1.